The van der Waals surface area contributed by atoms with Crippen LogP contribution in [0.2, 0.25) is 0 Å². The lowest BCUT2D eigenvalue weighted by Gasteiger charge is -2.17. The summed E-state index contributed by atoms with van der Waals surface area (Å²) in [7, 11) is 5.09. The van der Waals surface area contributed by atoms with Crippen molar-refractivity contribution in [1.82, 2.24) is 29.1 Å². The molecule has 0 unspecified atom stereocenters. The van der Waals surface area contributed by atoms with Gasteiger partial charge in [-0.3, -0.25) is 9.20 Å². The Morgan fingerprint density at radius 1 is 1.26 bits per heavy atom. The molecule has 0 bridgehead atoms. The fourth-order valence-electron chi connectivity index (χ4n) is 2.23. The molecule has 0 radical (unpaired) electrons. The van der Waals surface area contributed by atoms with Gasteiger partial charge >= 0.3 is 6.01 Å². The Morgan fingerprint density at radius 3 is 2.78 bits per heavy atom. The van der Waals surface area contributed by atoms with Gasteiger partial charge in [0.1, 0.15) is 5.82 Å². The topological polar surface area (TPSA) is 90.4 Å². The van der Waals surface area contributed by atoms with Crippen molar-refractivity contribution >= 4 is 11.5 Å². The monoisotopic (exact) mass is 315 g/mol. The van der Waals surface area contributed by atoms with Gasteiger partial charge in [0.25, 0.3) is 5.56 Å². The average Bonchev–Trinajstić information content (AvgIpc) is 2.93. The molecule has 120 valence electrons. The van der Waals surface area contributed by atoms with Gasteiger partial charge in [0.2, 0.25) is 5.65 Å². The van der Waals surface area contributed by atoms with E-state index in [1.54, 1.807) is 23.8 Å². The molecule has 0 atom stereocenters. The van der Waals surface area contributed by atoms with Gasteiger partial charge in [-0.1, -0.05) is 0 Å². The van der Waals surface area contributed by atoms with Gasteiger partial charge in [-0.2, -0.15) is 4.98 Å². The molecule has 3 aromatic heterocycles. The van der Waals surface area contributed by atoms with E-state index in [0.29, 0.717) is 29.8 Å². The third-order valence-corrected chi connectivity index (χ3v) is 3.49. The summed E-state index contributed by atoms with van der Waals surface area (Å²) in [6.07, 6.45) is 3.45. The smallest absolute Gasteiger partial charge is 0.318 e. The van der Waals surface area contributed by atoms with E-state index in [0.717, 1.165) is 5.69 Å². The second-order valence-corrected chi connectivity index (χ2v) is 5.23. The highest BCUT2D eigenvalue weighted by Gasteiger charge is 2.13. The molecule has 9 nitrogen and oxygen atoms in total. The predicted octanol–water partition coefficient (Wildman–Crippen LogP) is 0.171. The lowest BCUT2D eigenvalue weighted by Crippen LogP contribution is -2.22. The molecule has 0 aromatic carbocycles. The van der Waals surface area contributed by atoms with Gasteiger partial charge in [-0.15, -0.1) is 10.2 Å². The zero-order chi connectivity index (χ0) is 16.6. The van der Waals surface area contributed by atoms with Crippen molar-refractivity contribution in [2.24, 2.45) is 7.05 Å². The van der Waals surface area contributed by atoms with Gasteiger partial charge in [-0.05, 0) is 6.92 Å². The zero-order valence-corrected chi connectivity index (χ0v) is 13.4. The molecule has 3 rings (SSSR count). The lowest BCUT2D eigenvalue weighted by atomic mass is 10.4. The Kier molecular flexibility index (Phi) is 3.68. The van der Waals surface area contributed by atoms with Crippen LogP contribution in [0.15, 0.2) is 23.3 Å². The summed E-state index contributed by atoms with van der Waals surface area (Å²) in [4.78, 5) is 22.4. The fraction of sp³-hybridized carbons (Fsp3) is 0.357. The third kappa shape index (κ3) is 2.72. The number of methoxy groups -OCH3 is 1. The minimum Gasteiger partial charge on any atom is -0.467 e. The summed E-state index contributed by atoms with van der Waals surface area (Å²) in [6.45, 7) is 2.31. The van der Waals surface area contributed by atoms with Gasteiger partial charge in [0.15, 0.2) is 5.82 Å². The highest BCUT2D eigenvalue weighted by Crippen LogP contribution is 2.16. The minimum atomic E-state index is -0.187. The average molecular weight is 315 g/mol. The van der Waals surface area contributed by atoms with Gasteiger partial charge in [0, 0.05) is 38.2 Å². The van der Waals surface area contributed by atoms with Crippen molar-refractivity contribution in [3.8, 4) is 6.01 Å². The van der Waals surface area contributed by atoms with Gasteiger partial charge in [0.05, 0.1) is 13.7 Å². The number of hydrogen-bond donors (Lipinski definition) is 0. The zero-order valence-electron chi connectivity index (χ0n) is 13.4. The Hall–Kier alpha value is -2.97. The number of anilines is 1. The van der Waals surface area contributed by atoms with Crippen LogP contribution >= 0.6 is 0 Å². The number of aromatic nitrogens is 6. The van der Waals surface area contributed by atoms with Crippen molar-refractivity contribution in [3.05, 3.63) is 40.3 Å². The second kappa shape index (κ2) is 5.67. The maximum atomic E-state index is 12.0. The minimum absolute atomic E-state index is 0.187. The van der Waals surface area contributed by atoms with Gasteiger partial charge < -0.3 is 14.2 Å². The van der Waals surface area contributed by atoms with Crippen molar-refractivity contribution in [3.63, 3.8) is 0 Å². The van der Waals surface area contributed by atoms with Crippen LogP contribution in [0.4, 0.5) is 5.82 Å². The molecular weight excluding hydrogens is 298 g/mol. The van der Waals surface area contributed by atoms with Crippen molar-refractivity contribution in [1.29, 1.82) is 0 Å². The molecule has 3 aromatic rings. The van der Waals surface area contributed by atoms with E-state index in [1.165, 1.54) is 11.7 Å². The van der Waals surface area contributed by atoms with Crippen LogP contribution in [0.25, 0.3) is 5.65 Å². The van der Waals surface area contributed by atoms with Crippen LogP contribution in [-0.4, -0.2) is 43.3 Å². The van der Waals surface area contributed by atoms with E-state index in [9.17, 15) is 4.79 Å². The van der Waals surface area contributed by atoms with Crippen LogP contribution in [0.1, 0.15) is 11.5 Å². The molecule has 0 fully saturated rings. The summed E-state index contributed by atoms with van der Waals surface area (Å²) < 4.78 is 8.25. The Labute approximate surface area is 132 Å². The number of ether oxygens (including phenoxy) is 1. The molecule has 0 saturated carbocycles. The summed E-state index contributed by atoms with van der Waals surface area (Å²) >= 11 is 0. The molecule has 0 amide bonds. The van der Waals surface area contributed by atoms with Crippen LogP contribution < -0.4 is 15.2 Å². The van der Waals surface area contributed by atoms with Crippen molar-refractivity contribution < 1.29 is 4.74 Å². The molecular formula is C14H17N7O2. The first-order chi connectivity index (χ1) is 11.0. The standard InChI is InChI=1S/C14H17N7O2/c1-9-7-10(16-14(15-9)23-4)20(3)8-11-17-18-12-13(22)19(2)5-6-21(11)12/h5-7H,8H2,1-4H3. The molecule has 0 saturated heterocycles. The van der Waals surface area contributed by atoms with Gasteiger partial charge in [-0.25, -0.2) is 4.98 Å². The SMILES string of the molecule is COc1nc(C)cc(N(C)Cc2nnc3c(=O)n(C)ccn23)n1. The van der Waals surface area contributed by atoms with Crippen LogP contribution in [0.5, 0.6) is 6.01 Å². The molecule has 0 aliphatic rings. The summed E-state index contributed by atoms with van der Waals surface area (Å²) in [5.41, 5.74) is 0.918. The van der Waals surface area contributed by atoms with Crippen molar-refractivity contribution in [2.75, 3.05) is 19.1 Å². The summed E-state index contributed by atoms with van der Waals surface area (Å²) in [5, 5.41) is 8.08. The summed E-state index contributed by atoms with van der Waals surface area (Å²) in [6, 6.07) is 2.16. The summed E-state index contributed by atoms with van der Waals surface area (Å²) in [5.74, 6) is 1.35. The fourth-order valence-corrected chi connectivity index (χ4v) is 2.23. The van der Waals surface area contributed by atoms with E-state index in [2.05, 4.69) is 20.2 Å². The van der Waals surface area contributed by atoms with Crippen LogP contribution in [-0.2, 0) is 13.6 Å². The molecule has 0 N–H and O–H groups in total. The maximum absolute atomic E-state index is 12.0. The molecule has 0 aliphatic carbocycles. The van der Waals surface area contributed by atoms with Crippen LogP contribution in [0.3, 0.4) is 0 Å². The highest BCUT2D eigenvalue weighted by atomic mass is 16.5. The number of hydrogen-bond acceptors (Lipinski definition) is 7. The maximum Gasteiger partial charge on any atom is 0.318 e. The first-order valence-electron chi connectivity index (χ1n) is 6.99. The van der Waals surface area contributed by atoms with E-state index in [-0.39, 0.29) is 5.56 Å². The lowest BCUT2D eigenvalue weighted by molar-refractivity contribution is 0.378. The third-order valence-electron chi connectivity index (χ3n) is 3.49. The van der Waals surface area contributed by atoms with Crippen LogP contribution in [0, 0.1) is 6.92 Å². The van der Waals surface area contributed by atoms with E-state index in [1.807, 2.05) is 24.9 Å². The Bertz CT molecular complexity index is 915. The van der Waals surface area contributed by atoms with Crippen molar-refractivity contribution in [2.45, 2.75) is 13.5 Å². The Morgan fingerprint density at radius 2 is 2.04 bits per heavy atom. The number of aryl methyl sites for hydroxylation is 2. The molecule has 9 heteroatoms. The molecule has 23 heavy (non-hydrogen) atoms. The molecule has 3 heterocycles. The largest absolute Gasteiger partial charge is 0.467 e. The van der Waals surface area contributed by atoms with E-state index in [4.69, 9.17) is 4.74 Å². The normalized spacial score (nSPS) is 11.0. The highest BCUT2D eigenvalue weighted by molar-refractivity contribution is 5.41. The number of nitrogens with zero attached hydrogens (tertiary/aromatic N) is 7. The molecule has 0 aliphatic heterocycles. The first-order valence-corrected chi connectivity index (χ1v) is 6.99. The number of fused-ring (bicyclic) bond motifs is 1. The first kappa shape index (κ1) is 14.9. The number of rotatable bonds is 4. The van der Waals surface area contributed by atoms with E-state index >= 15 is 0 Å². The molecule has 0 spiro atoms. The quantitative estimate of drug-likeness (QED) is 0.678. The van der Waals surface area contributed by atoms with E-state index < -0.39 is 0 Å². The Balaban J connectivity index is 1.94. The second-order valence-electron chi connectivity index (χ2n) is 5.23. The predicted molar refractivity (Wildman–Crippen MR) is 83.7 cm³/mol.